The molecule has 0 saturated heterocycles. The highest BCUT2D eigenvalue weighted by Crippen LogP contribution is 2.38. The summed E-state index contributed by atoms with van der Waals surface area (Å²) in [6.45, 7) is 3.95. The lowest BCUT2D eigenvalue weighted by molar-refractivity contribution is -0.137. The van der Waals surface area contributed by atoms with Gasteiger partial charge < -0.3 is 15.4 Å². The normalized spacial score (nSPS) is 15.0. The molecule has 2 aromatic carbocycles. The average molecular weight is 456 g/mol. The maximum Gasteiger partial charge on any atom is 0.416 e. The highest BCUT2D eigenvalue weighted by molar-refractivity contribution is 6.03. The maximum absolute atomic E-state index is 13.1. The van der Waals surface area contributed by atoms with Crippen LogP contribution >= 0.6 is 0 Å². The van der Waals surface area contributed by atoms with Gasteiger partial charge in [0.1, 0.15) is 11.6 Å². The molecule has 1 aliphatic carbocycles. The van der Waals surface area contributed by atoms with E-state index in [1.165, 1.54) is 12.1 Å². The van der Waals surface area contributed by atoms with Crippen molar-refractivity contribution >= 4 is 28.9 Å². The first-order valence-electron chi connectivity index (χ1n) is 10.3. The van der Waals surface area contributed by atoms with Crippen molar-refractivity contribution in [2.45, 2.75) is 32.9 Å². The Balaban J connectivity index is 1.76. The zero-order valence-electron chi connectivity index (χ0n) is 18.4. The van der Waals surface area contributed by atoms with Crippen LogP contribution in [0.15, 0.2) is 48.5 Å². The Kier molecular flexibility index (Phi) is 5.73. The summed E-state index contributed by atoms with van der Waals surface area (Å²) in [7, 11) is 1.55. The maximum atomic E-state index is 13.1. The number of hydrogen-bond donors (Lipinski definition) is 2. The van der Waals surface area contributed by atoms with Crippen LogP contribution in [0.3, 0.4) is 0 Å². The van der Waals surface area contributed by atoms with Gasteiger partial charge in [0, 0.05) is 23.9 Å². The highest BCUT2D eigenvalue weighted by Gasteiger charge is 2.35. The lowest BCUT2D eigenvalue weighted by Gasteiger charge is -2.30. The van der Waals surface area contributed by atoms with Crippen LogP contribution in [0.25, 0.3) is 0 Å². The summed E-state index contributed by atoms with van der Waals surface area (Å²) in [6.07, 6.45) is -3.60. The Morgan fingerprint density at radius 1 is 0.970 bits per heavy atom. The van der Waals surface area contributed by atoms with Crippen LogP contribution in [0.2, 0.25) is 0 Å². The monoisotopic (exact) mass is 456 g/mol. The second kappa shape index (κ2) is 8.38. The van der Waals surface area contributed by atoms with Crippen LogP contribution in [0.1, 0.15) is 41.9 Å². The third kappa shape index (κ3) is 5.08. The molecule has 3 aromatic rings. The molecule has 0 saturated carbocycles. The lowest BCUT2D eigenvalue weighted by atomic mass is 9.75. The van der Waals surface area contributed by atoms with E-state index < -0.39 is 11.7 Å². The molecule has 172 valence electrons. The van der Waals surface area contributed by atoms with Crippen LogP contribution in [0.5, 0.6) is 5.75 Å². The van der Waals surface area contributed by atoms with Gasteiger partial charge in [0.05, 0.1) is 23.9 Å². The third-order valence-corrected chi connectivity index (χ3v) is 5.33. The SMILES string of the molecule is COc1cccc(Nc2nc(Nc3cccc(C(F)(F)F)c3)nc3c2C(=O)CC(C)(C)C3)c1. The fourth-order valence-corrected chi connectivity index (χ4v) is 3.85. The Morgan fingerprint density at radius 3 is 2.36 bits per heavy atom. The van der Waals surface area contributed by atoms with Crippen molar-refractivity contribution in [2.24, 2.45) is 5.41 Å². The van der Waals surface area contributed by atoms with Gasteiger partial charge in [-0.2, -0.15) is 18.2 Å². The van der Waals surface area contributed by atoms with Crippen LogP contribution in [-0.2, 0) is 12.6 Å². The molecule has 0 unspecified atom stereocenters. The molecule has 6 nitrogen and oxygen atoms in total. The predicted octanol–water partition coefficient (Wildman–Crippen LogP) is 6.15. The largest absolute Gasteiger partial charge is 0.497 e. The third-order valence-electron chi connectivity index (χ3n) is 5.33. The Bertz CT molecular complexity index is 1210. The number of nitrogens with zero attached hydrogens (tertiary/aromatic N) is 2. The average Bonchev–Trinajstić information content (AvgIpc) is 2.72. The first-order chi connectivity index (χ1) is 15.5. The number of nitrogens with one attached hydrogen (secondary N) is 2. The van der Waals surface area contributed by atoms with E-state index in [0.29, 0.717) is 41.4 Å². The summed E-state index contributed by atoms with van der Waals surface area (Å²) in [5, 5.41) is 6.01. The van der Waals surface area contributed by atoms with Gasteiger partial charge in [-0.05, 0) is 42.2 Å². The summed E-state index contributed by atoms with van der Waals surface area (Å²) >= 11 is 0. The van der Waals surface area contributed by atoms with Crippen molar-refractivity contribution in [1.29, 1.82) is 0 Å². The van der Waals surface area contributed by atoms with Gasteiger partial charge in [0.15, 0.2) is 5.78 Å². The van der Waals surface area contributed by atoms with Crippen molar-refractivity contribution < 1.29 is 22.7 Å². The summed E-state index contributed by atoms with van der Waals surface area (Å²) < 4.78 is 44.6. The van der Waals surface area contributed by atoms with E-state index in [9.17, 15) is 18.0 Å². The number of Topliss-reactive ketones (excluding diaryl/α,β-unsaturated/α-hetero) is 1. The topological polar surface area (TPSA) is 76.1 Å². The summed E-state index contributed by atoms with van der Waals surface area (Å²) in [5.41, 5.74) is 0.713. The zero-order valence-corrected chi connectivity index (χ0v) is 18.4. The number of carbonyl (C=O) groups excluding carboxylic acids is 1. The van der Waals surface area contributed by atoms with Crippen molar-refractivity contribution in [3.05, 3.63) is 65.4 Å². The molecule has 0 aliphatic heterocycles. The van der Waals surface area contributed by atoms with Gasteiger partial charge in [0.25, 0.3) is 0 Å². The van der Waals surface area contributed by atoms with Crippen LogP contribution in [0, 0.1) is 5.41 Å². The molecule has 4 rings (SSSR count). The molecular weight excluding hydrogens is 433 g/mol. The summed E-state index contributed by atoms with van der Waals surface area (Å²) in [5.74, 6) is 0.933. The van der Waals surface area contributed by atoms with Crippen molar-refractivity contribution in [3.8, 4) is 5.75 Å². The number of ether oxygens (including phenoxy) is 1. The number of alkyl halides is 3. The first-order valence-corrected chi connectivity index (χ1v) is 10.3. The Morgan fingerprint density at radius 2 is 1.67 bits per heavy atom. The minimum atomic E-state index is -4.47. The second-order valence-corrected chi connectivity index (χ2v) is 8.72. The van der Waals surface area contributed by atoms with E-state index in [0.717, 1.165) is 12.1 Å². The molecular formula is C24H23F3N4O2. The summed E-state index contributed by atoms with van der Waals surface area (Å²) in [4.78, 5) is 21.9. The minimum Gasteiger partial charge on any atom is -0.497 e. The van der Waals surface area contributed by atoms with Crippen molar-refractivity contribution in [3.63, 3.8) is 0 Å². The van der Waals surface area contributed by atoms with Crippen molar-refractivity contribution in [2.75, 3.05) is 17.7 Å². The van der Waals surface area contributed by atoms with Gasteiger partial charge in [-0.1, -0.05) is 26.0 Å². The van der Waals surface area contributed by atoms with E-state index in [2.05, 4.69) is 20.6 Å². The van der Waals surface area contributed by atoms with E-state index in [1.807, 2.05) is 13.8 Å². The lowest BCUT2D eigenvalue weighted by Crippen LogP contribution is -2.29. The molecule has 0 radical (unpaired) electrons. The van der Waals surface area contributed by atoms with Crippen LogP contribution in [-0.4, -0.2) is 22.9 Å². The molecule has 0 spiro atoms. The highest BCUT2D eigenvalue weighted by atomic mass is 19.4. The minimum absolute atomic E-state index is 0.0859. The smallest absolute Gasteiger partial charge is 0.416 e. The van der Waals surface area contributed by atoms with Crippen LogP contribution in [0.4, 0.5) is 36.3 Å². The molecule has 9 heteroatoms. The second-order valence-electron chi connectivity index (χ2n) is 8.72. The number of aromatic nitrogens is 2. The molecule has 0 atom stereocenters. The van der Waals surface area contributed by atoms with Gasteiger partial charge in [-0.25, -0.2) is 4.98 Å². The number of halogens is 3. The molecule has 1 heterocycles. The standard InChI is InChI=1S/C24H23F3N4O2/c1-23(2)12-18-20(19(32)13-23)21(28-16-8-5-9-17(11-16)33-3)31-22(30-18)29-15-7-4-6-14(10-15)24(25,26)27/h4-11H,12-13H2,1-3H3,(H2,28,29,30,31). The molecule has 33 heavy (non-hydrogen) atoms. The molecule has 0 fully saturated rings. The van der Waals surface area contributed by atoms with Gasteiger partial charge in [0.2, 0.25) is 5.95 Å². The summed E-state index contributed by atoms with van der Waals surface area (Å²) in [6, 6.07) is 11.9. The number of methoxy groups -OCH3 is 1. The zero-order chi connectivity index (χ0) is 23.8. The number of fused-ring (bicyclic) bond motifs is 1. The number of carbonyl (C=O) groups is 1. The molecule has 1 aliphatic rings. The van der Waals surface area contributed by atoms with Gasteiger partial charge >= 0.3 is 6.18 Å². The first kappa shape index (κ1) is 22.6. The quantitative estimate of drug-likeness (QED) is 0.480. The fourth-order valence-electron chi connectivity index (χ4n) is 3.85. The molecule has 0 bridgehead atoms. The van der Waals surface area contributed by atoms with E-state index >= 15 is 0 Å². The van der Waals surface area contributed by atoms with E-state index in [1.54, 1.807) is 31.4 Å². The number of benzene rings is 2. The van der Waals surface area contributed by atoms with Gasteiger partial charge in [-0.15, -0.1) is 0 Å². The van der Waals surface area contributed by atoms with Crippen LogP contribution < -0.4 is 15.4 Å². The molecule has 2 N–H and O–H groups in total. The van der Waals surface area contributed by atoms with Gasteiger partial charge in [-0.3, -0.25) is 4.79 Å². The fraction of sp³-hybridized carbons (Fsp3) is 0.292. The number of hydrogen-bond acceptors (Lipinski definition) is 6. The van der Waals surface area contributed by atoms with Crippen molar-refractivity contribution in [1.82, 2.24) is 9.97 Å². The predicted molar refractivity (Wildman–Crippen MR) is 119 cm³/mol. The number of ketones is 1. The van der Waals surface area contributed by atoms with E-state index in [4.69, 9.17) is 4.74 Å². The number of rotatable bonds is 5. The Labute approximate surface area is 189 Å². The van der Waals surface area contributed by atoms with E-state index in [-0.39, 0.29) is 22.8 Å². The number of anilines is 4. The molecule has 1 aromatic heterocycles. The Hall–Kier alpha value is -3.62. The molecule has 0 amide bonds.